The summed E-state index contributed by atoms with van der Waals surface area (Å²) in [5.74, 6) is -1.52. The molecule has 3 aromatic carbocycles. The minimum Gasteiger partial charge on any atom is -0.336 e. The van der Waals surface area contributed by atoms with Crippen LogP contribution in [0.3, 0.4) is 0 Å². The van der Waals surface area contributed by atoms with Gasteiger partial charge in [0.15, 0.2) is 0 Å². The van der Waals surface area contributed by atoms with Crippen LogP contribution in [0.2, 0.25) is 0 Å². The van der Waals surface area contributed by atoms with Crippen LogP contribution in [0.15, 0.2) is 72.8 Å². The zero-order valence-electron chi connectivity index (χ0n) is 19.2. The SMILES string of the molecule is O=C(c1ccc(F)cc1)N1CCN(CCN(Cc2ccc(F)cc2)C(=O)c2ccc(F)cc2)CC1. The molecule has 1 aliphatic heterocycles. The highest BCUT2D eigenvalue weighted by Crippen LogP contribution is 2.14. The van der Waals surface area contributed by atoms with E-state index in [2.05, 4.69) is 4.90 Å². The maximum Gasteiger partial charge on any atom is 0.254 e. The molecule has 35 heavy (non-hydrogen) atoms. The maximum atomic E-state index is 13.3. The van der Waals surface area contributed by atoms with E-state index >= 15 is 0 Å². The lowest BCUT2D eigenvalue weighted by molar-refractivity contribution is 0.0598. The number of rotatable bonds is 7. The summed E-state index contributed by atoms with van der Waals surface area (Å²) in [6.45, 7) is 3.63. The van der Waals surface area contributed by atoms with Gasteiger partial charge in [0.05, 0.1) is 0 Å². The van der Waals surface area contributed by atoms with Crippen molar-refractivity contribution in [3.8, 4) is 0 Å². The van der Waals surface area contributed by atoms with E-state index in [0.717, 1.165) is 5.56 Å². The van der Waals surface area contributed by atoms with Gasteiger partial charge < -0.3 is 9.80 Å². The molecule has 5 nitrogen and oxygen atoms in total. The second-order valence-corrected chi connectivity index (χ2v) is 8.50. The number of carbonyl (C=O) groups excluding carboxylic acids is 2. The minimum absolute atomic E-state index is 0.130. The average Bonchev–Trinajstić information content (AvgIpc) is 2.88. The van der Waals surface area contributed by atoms with Crippen LogP contribution in [0.1, 0.15) is 26.3 Å². The molecule has 0 atom stereocenters. The predicted octanol–water partition coefficient (Wildman–Crippen LogP) is 4.20. The van der Waals surface area contributed by atoms with Crippen LogP contribution in [0.4, 0.5) is 13.2 Å². The zero-order chi connectivity index (χ0) is 24.8. The van der Waals surface area contributed by atoms with Crippen molar-refractivity contribution in [1.29, 1.82) is 0 Å². The highest BCUT2D eigenvalue weighted by molar-refractivity contribution is 5.94. The Kier molecular flexibility index (Phi) is 7.82. The van der Waals surface area contributed by atoms with E-state index < -0.39 is 5.82 Å². The third-order valence-corrected chi connectivity index (χ3v) is 6.10. The molecule has 182 valence electrons. The van der Waals surface area contributed by atoms with E-state index in [9.17, 15) is 22.8 Å². The van der Waals surface area contributed by atoms with Crippen molar-refractivity contribution in [3.63, 3.8) is 0 Å². The summed E-state index contributed by atoms with van der Waals surface area (Å²) >= 11 is 0. The first-order valence-corrected chi connectivity index (χ1v) is 11.5. The van der Waals surface area contributed by atoms with Gasteiger partial charge in [0.2, 0.25) is 0 Å². The Labute approximate surface area is 202 Å². The van der Waals surface area contributed by atoms with Crippen LogP contribution in [-0.2, 0) is 6.54 Å². The van der Waals surface area contributed by atoms with Gasteiger partial charge in [0.25, 0.3) is 11.8 Å². The number of benzene rings is 3. The molecule has 0 saturated carbocycles. The lowest BCUT2D eigenvalue weighted by Gasteiger charge is -2.36. The number of halogens is 3. The van der Waals surface area contributed by atoms with Crippen LogP contribution in [0.25, 0.3) is 0 Å². The van der Waals surface area contributed by atoms with Gasteiger partial charge in [-0.15, -0.1) is 0 Å². The monoisotopic (exact) mass is 481 g/mol. The van der Waals surface area contributed by atoms with E-state index in [1.54, 1.807) is 21.9 Å². The molecule has 0 unspecified atom stereocenters. The van der Waals surface area contributed by atoms with Crippen molar-refractivity contribution in [1.82, 2.24) is 14.7 Å². The second-order valence-electron chi connectivity index (χ2n) is 8.50. The normalized spacial score (nSPS) is 14.1. The van der Waals surface area contributed by atoms with Gasteiger partial charge in [-0.2, -0.15) is 0 Å². The molecule has 0 spiro atoms. The molecule has 3 aromatic rings. The highest BCUT2D eigenvalue weighted by Gasteiger charge is 2.23. The van der Waals surface area contributed by atoms with Gasteiger partial charge >= 0.3 is 0 Å². The summed E-state index contributed by atoms with van der Waals surface area (Å²) in [6.07, 6.45) is 0. The zero-order valence-corrected chi connectivity index (χ0v) is 19.2. The number of amides is 2. The lowest BCUT2D eigenvalue weighted by atomic mass is 10.1. The number of hydrogen-bond donors (Lipinski definition) is 0. The lowest BCUT2D eigenvalue weighted by Crippen LogP contribution is -2.50. The predicted molar refractivity (Wildman–Crippen MR) is 126 cm³/mol. The summed E-state index contributed by atoms with van der Waals surface area (Å²) in [5.41, 5.74) is 1.62. The Morgan fingerprint density at radius 1 is 0.686 bits per heavy atom. The fourth-order valence-electron chi connectivity index (χ4n) is 4.05. The molecule has 1 fully saturated rings. The van der Waals surface area contributed by atoms with Gasteiger partial charge in [-0.1, -0.05) is 12.1 Å². The summed E-state index contributed by atoms with van der Waals surface area (Å²) in [4.78, 5) is 31.4. The van der Waals surface area contributed by atoms with Gasteiger partial charge in [0.1, 0.15) is 17.5 Å². The molecular formula is C27H26F3N3O2. The Bertz CT molecular complexity index is 1140. The minimum atomic E-state index is -0.417. The first-order valence-electron chi connectivity index (χ1n) is 11.5. The Hall–Kier alpha value is -3.65. The third kappa shape index (κ3) is 6.48. The average molecular weight is 482 g/mol. The van der Waals surface area contributed by atoms with Crippen molar-refractivity contribution in [2.45, 2.75) is 6.54 Å². The number of carbonyl (C=O) groups is 2. The summed E-state index contributed by atoms with van der Waals surface area (Å²) in [6, 6.07) is 16.9. The number of hydrogen-bond acceptors (Lipinski definition) is 3. The van der Waals surface area contributed by atoms with Crippen molar-refractivity contribution < 1.29 is 22.8 Å². The molecule has 0 aromatic heterocycles. The fourth-order valence-corrected chi connectivity index (χ4v) is 4.05. The van der Waals surface area contributed by atoms with Crippen molar-refractivity contribution in [3.05, 3.63) is 107 Å². The van der Waals surface area contributed by atoms with Gasteiger partial charge in [-0.25, -0.2) is 13.2 Å². The van der Waals surface area contributed by atoms with E-state index in [0.29, 0.717) is 56.9 Å². The van der Waals surface area contributed by atoms with Crippen molar-refractivity contribution in [2.75, 3.05) is 39.3 Å². The molecule has 0 aliphatic carbocycles. The van der Waals surface area contributed by atoms with Crippen LogP contribution >= 0.6 is 0 Å². The number of piperazine rings is 1. The summed E-state index contributed by atoms with van der Waals surface area (Å²) < 4.78 is 39.8. The largest absolute Gasteiger partial charge is 0.336 e. The molecule has 0 N–H and O–H groups in total. The molecule has 2 amide bonds. The van der Waals surface area contributed by atoms with E-state index in [-0.39, 0.29) is 23.4 Å². The molecule has 0 radical (unpaired) electrons. The molecule has 1 aliphatic rings. The highest BCUT2D eigenvalue weighted by atomic mass is 19.1. The van der Waals surface area contributed by atoms with Crippen LogP contribution in [0, 0.1) is 17.5 Å². The van der Waals surface area contributed by atoms with Crippen LogP contribution in [0.5, 0.6) is 0 Å². The van der Waals surface area contributed by atoms with Crippen molar-refractivity contribution >= 4 is 11.8 Å². The van der Waals surface area contributed by atoms with Gasteiger partial charge in [-0.3, -0.25) is 14.5 Å². The van der Waals surface area contributed by atoms with E-state index in [1.807, 2.05) is 0 Å². The summed E-state index contributed by atoms with van der Waals surface area (Å²) in [7, 11) is 0. The first-order chi connectivity index (χ1) is 16.9. The molecule has 0 bridgehead atoms. The van der Waals surface area contributed by atoms with E-state index in [4.69, 9.17) is 0 Å². The van der Waals surface area contributed by atoms with E-state index in [1.165, 1.54) is 60.7 Å². The van der Waals surface area contributed by atoms with Gasteiger partial charge in [0, 0.05) is 56.9 Å². The van der Waals surface area contributed by atoms with Crippen LogP contribution < -0.4 is 0 Å². The Morgan fingerprint density at radius 2 is 1.17 bits per heavy atom. The quantitative estimate of drug-likeness (QED) is 0.508. The van der Waals surface area contributed by atoms with Gasteiger partial charge in [-0.05, 0) is 66.2 Å². The third-order valence-electron chi connectivity index (χ3n) is 6.10. The maximum absolute atomic E-state index is 13.3. The first kappa shape index (κ1) is 24.5. The smallest absolute Gasteiger partial charge is 0.254 e. The molecule has 1 saturated heterocycles. The van der Waals surface area contributed by atoms with Crippen molar-refractivity contribution in [2.24, 2.45) is 0 Å². The molecular weight excluding hydrogens is 455 g/mol. The Morgan fingerprint density at radius 3 is 1.71 bits per heavy atom. The molecule has 8 heteroatoms. The second kappa shape index (κ2) is 11.2. The molecule has 1 heterocycles. The number of nitrogens with zero attached hydrogens (tertiary/aromatic N) is 3. The fraction of sp³-hybridized carbons (Fsp3) is 0.259. The Balaban J connectivity index is 1.37. The summed E-state index contributed by atoms with van der Waals surface area (Å²) in [5, 5.41) is 0. The van der Waals surface area contributed by atoms with Crippen LogP contribution in [-0.4, -0.2) is 65.8 Å². The topological polar surface area (TPSA) is 43.9 Å². The standard InChI is InChI=1S/C27H26F3N3O2/c28-23-7-1-20(2-8-23)19-33(27(35)22-5-11-25(30)12-6-22)18-15-31-13-16-32(17-14-31)26(34)21-3-9-24(29)10-4-21/h1-12H,13-19H2. The molecule has 4 rings (SSSR count).